The molecule has 5 nitrogen and oxygen atoms in total. The summed E-state index contributed by atoms with van der Waals surface area (Å²) in [7, 11) is 0. The Labute approximate surface area is 94.7 Å². The van der Waals surface area contributed by atoms with Crippen molar-refractivity contribution in [3.8, 4) is 0 Å². The molecule has 0 fully saturated rings. The first-order chi connectivity index (χ1) is 7.74. The maximum atomic E-state index is 11.2. The molecular weight excluding hydrogens is 206 g/mol. The van der Waals surface area contributed by atoms with Gasteiger partial charge in [0.05, 0.1) is 6.54 Å². The highest BCUT2D eigenvalue weighted by atomic mass is 16.2. The van der Waals surface area contributed by atoms with Crippen LogP contribution in [-0.2, 0) is 9.59 Å². The van der Waals surface area contributed by atoms with Gasteiger partial charge in [0.2, 0.25) is 5.78 Å². The molecule has 4 N–H and O–H groups in total. The first kappa shape index (κ1) is 12.6. The van der Waals surface area contributed by atoms with Gasteiger partial charge in [-0.3, -0.25) is 20.9 Å². The molecule has 88 valence electrons. The van der Waals surface area contributed by atoms with Crippen LogP contribution in [0.15, 0.2) is 23.8 Å². The quantitative estimate of drug-likeness (QED) is 0.331. The van der Waals surface area contributed by atoms with Crippen molar-refractivity contribution < 1.29 is 9.59 Å². The van der Waals surface area contributed by atoms with Gasteiger partial charge in [-0.1, -0.05) is 23.8 Å². The van der Waals surface area contributed by atoms with Crippen LogP contribution in [0.2, 0.25) is 0 Å². The van der Waals surface area contributed by atoms with Crippen LogP contribution in [-0.4, -0.2) is 24.8 Å². The Bertz CT molecular complexity index is 321. The summed E-state index contributed by atoms with van der Waals surface area (Å²) in [4.78, 5) is 22.2. The van der Waals surface area contributed by atoms with Gasteiger partial charge in [-0.25, -0.2) is 0 Å². The maximum Gasteiger partial charge on any atom is 0.288 e. The lowest BCUT2D eigenvalue weighted by molar-refractivity contribution is -0.137. The van der Waals surface area contributed by atoms with E-state index in [2.05, 4.69) is 29.0 Å². The van der Waals surface area contributed by atoms with Crippen molar-refractivity contribution >= 4 is 11.7 Å². The second-order valence-electron chi connectivity index (χ2n) is 3.57. The molecule has 16 heavy (non-hydrogen) atoms. The van der Waals surface area contributed by atoms with Crippen LogP contribution in [0, 0.1) is 0 Å². The molecule has 0 radical (unpaired) electrons. The average molecular weight is 223 g/mol. The molecule has 0 aliphatic heterocycles. The number of carbonyl (C=O) groups is 2. The van der Waals surface area contributed by atoms with Gasteiger partial charge in [0, 0.05) is 6.54 Å². The Morgan fingerprint density at radius 3 is 2.81 bits per heavy atom. The number of hydrazine groups is 1. The van der Waals surface area contributed by atoms with Crippen LogP contribution in [0.5, 0.6) is 0 Å². The fraction of sp³-hybridized carbons (Fsp3) is 0.455. The molecule has 0 atom stereocenters. The first-order valence-corrected chi connectivity index (χ1v) is 5.34. The fourth-order valence-electron chi connectivity index (χ4n) is 1.45. The second kappa shape index (κ2) is 6.92. The van der Waals surface area contributed by atoms with Crippen LogP contribution >= 0.6 is 0 Å². The molecule has 1 aliphatic carbocycles. The number of amides is 1. The lowest BCUT2D eigenvalue weighted by Crippen LogP contribution is -2.39. The third kappa shape index (κ3) is 4.37. The zero-order valence-corrected chi connectivity index (χ0v) is 9.16. The lowest BCUT2D eigenvalue weighted by atomic mass is 10.0. The Balaban J connectivity index is 2.20. The molecule has 1 amide bonds. The summed E-state index contributed by atoms with van der Waals surface area (Å²) < 4.78 is 0. The van der Waals surface area contributed by atoms with Crippen molar-refractivity contribution in [1.29, 1.82) is 0 Å². The van der Waals surface area contributed by atoms with Crippen molar-refractivity contribution in [2.24, 2.45) is 5.84 Å². The highest BCUT2D eigenvalue weighted by molar-refractivity contribution is 6.36. The molecule has 5 heteroatoms. The van der Waals surface area contributed by atoms with Crippen molar-refractivity contribution in [1.82, 2.24) is 10.7 Å². The number of carbonyl (C=O) groups excluding carboxylic acids is 2. The number of rotatable bonds is 6. The van der Waals surface area contributed by atoms with E-state index in [9.17, 15) is 9.59 Å². The number of Topliss-reactive ketones (excluding diaryl/α,β-unsaturated/α-hetero) is 1. The van der Waals surface area contributed by atoms with E-state index in [1.165, 1.54) is 5.57 Å². The van der Waals surface area contributed by atoms with E-state index >= 15 is 0 Å². The molecule has 0 saturated heterocycles. The SMILES string of the molecule is NNCC(=O)C(=O)NCCC1=CCCC=C1. The van der Waals surface area contributed by atoms with Gasteiger partial charge in [-0.05, 0) is 19.3 Å². The molecule has 0 heterocycles. The largest absolute Gasteiger partial charge is 0.349 e. The van der Waals surface area contributed by atoms with Crippen molar-refractivity contribution in [2.45, 2.75) is 19.3 Å². The van der Waals surface area contributed by atoms with E-state index < -0.39 is 11.7 Å². The summed E-state index contributed by atoms with van der Waals surface area (Å²) >= 11 is 0. The summed E-state index contributed by atoms with van der Waals surface area (Å²) in [6.07, 6.45) is 9.20. The Morgan fingerprint density at radius 1 is 1.38 bits per heavy atom. The van der Waals surface area contributed by atoms with Gasteiger partial charge in [0.1, 0.15) is 0 Å². The van der Waals surface area contributed by atoms with Crippen LogP contribution in [0.25, 0.3) is 0 Å². The Morgan fingerprint density at radius 2 is 2.19 bits per heavy atom. The third-order valence-electron chi connectivity index (χ3n) is 2.29. The number of hydrogen-bond acceptors (Lipinski definition) is 4. The van der Waals surface area contributed by atoms with E-state index in [4.69, 9.17) is 5.84 Å². The van der Waals surface area contributed by atoms with Crippen LogP contribution in [0.1, 0.15) is 19.3 Å². The minimum atomic E-state index is -0.585. The van der Waals surface area contributed by atoms with Crippen LogP contribution in [0.4, 0.5) is 0 Å². The monoisotopic (exact) mass is 223 g/mol. The first-order valence-electron chi connectivity index (χ1n) is 5.34. The second-order valence-corrected chi connectivity index (χ2v) is 3.57. The fourth-order valence-corrected chi connectivity index (χ4v) is 1.45. The van der Waals surface area contributed by atoms with E-state index in [1.807, 2.05) is 0 Å². The molecule has 0 aromatic rings. The predicted octanol–water partition coefficient (Wildman–Crippen LogP) is -0.199. The smallest absolute Gasteiger partial charge is 0.288 e. The summed E-state index contributed by atoms with van der Waals surface area (Å²) in [5.41, 5.74) is 3.36. The van der Waals surface area contributed by atoms with E-state index in [-0.39, 0.29) is 6.54 Å². The highest BCUT2D eigenvalue weighted by Crippen LogP contribution is 2.11. The van der Waals surface area contributed by atoms with Crippen LogP contribution in [0.3, 0.4) is 0 Å². The lowest BCUT2D eigenvalue weighted by Gasteiger charge is -2.07. The zero-order chi connectivity index (χ0) is 11.8. The number of nitrogens with one attached hydrogen (secondary N) is 2. The van der Waals surface area contributed by atoms with Gasteiger partial charge in [0.15, 0.2) is 0 Å². The Kier molecular flexibility index (Phi) is 5.45. The van der Waals surface area contributed by atoms with Crippen molar-refractivity contribution in [3.63, 3.8) is 0 Å². The van der Waals surface area contributed by atoms with E-state index in [0.29, 0.717) is 6.54 Å². The molecule has 1 rings (SSSR count). The predicted molar refractivity (Wildman–Crippen MR) is 61.3 cm³/mol. The summed E-state index contributed by atoms with van der Waals surface area (Å²) in [6, 6.07) is 0. The van der Waals surface area contributed by atoms with Gasteiger partial charge < -0.3 is 5.32 Å². The number of ketones is 1. The molecule has 0 spiro atoms. The van der Waals surface area contributed by atoms with Crippen molar-refractivity contribution in [3.05, 3.63) is 23.8 Å². The van der Waals surface area contributed by atoms with Gasteiger partial charge in [-0.15, -0.1) is 0 Å². The minimum absolute atomic E-state index is 0.131. The van der Waals surface area contributed by atoms with Crippen LogP contribution < -0.4 is 16.6 Å². The molecule has 0 aromatic carbocycles. The zero-order valence-electron chi connectivity index (χ0n) is 9.16. The number of hydrogen-bond donors (Lipinski definition) is 3. The molecule has 0 saturated carbocycles. The normalized spacial score (nSPS) is 14.4. The average Bonchev–Trinajstić information content (AvgIpc) is 2.30. The van der Waals surface area contributed by atoms with Gasteiger partial charge in [0.25, 0.3) is 5.91 Å². The standard InChI is InChI=1S/C11H17N3O2/c12-14-8-10(15)11(16)13-7-6-9-4-2-1-3-5-9/h2,4-5,14H,1,3,6-8,12H2,(H,13,16). The van der Waals surface area contributed by atoms with Gasteiger partial charge in [-0.2, -0.15) is 0 Å². The van der Waals surface area contributed by atoms with Crippen molar-refractivity contribution in [2.75, 3.05) is 13.1 Å². The Hall–Kier alpha value is -1.46. The number of nitrogens with two attached hydrogens (primary N) is 1. The highest BCUT2D eigenvalue weighted by Gasteiger charge is 2.11. The summed E-state index contributed by atoms with van der Waals surface area (Å²) in [5.74, 6) is 3.81. The van der Waals surface area contributed by atoms with E-state index in [0.717, 1.165) is 19.3 Å². The van der Waals surface area contributed by atoms with Gasteiger partial charge >= 0.3 is 0 Å². The summed E-state index contributed by atoms with van der Waals surface area (Å²) in [5, 5.41) is 2.56. The molecule has 0 aromatic heterocycles. The van der Waals surface area contributed by atoms with E-state index in [1.54, 1.807) is 0 Å². The number of allylic oxidation sites excluding steroid dienone is 3. The maximum absolute atomic E-state index is 11.2. The molecule has 1 aliphatic rings. The minimum Gasteiger partial charge on any atom is -0.349 e. The topological polar surface area (TPSA) is 84.2 Å². The third-order valence-corrected chi connectivity index (χ3v) is 2.29. The molecule has 0 bridgehead atoms. The summed E-state index contributed by atoms with van der Waals surface area (Å²) in [6.45, 7) is 0.347. The molecule has 0 unspecified atom stereocenters. The molecular formula is C11H17N3O2.